The molecular weight excluding hydrogens is 248 g/mol. The van der Waals surface area contributed by atoms with Gasteiger partial charge in [0.05, 0.1) is 6.10 Å². The first-order valence-corrected chi connectivity index (χ1v) is 6.85. The Hall–Kier alpha value is -1.00. The van der Waals surface area contributed by atoms with Gasteiger partial charge in [0.15, 0.2) is 0 Å². The number of hydrogen-bond donors (Lipinski definition) is 2. The lowest BCUT2D eigenvalue weighted by Gasteiger charge is -2.33. The molecule has 0 heterocycles. The molecule has 3 atom stereocenters. The Bertz CT molecular complexity index is 432. The molecule has 0 spiro atoms. The van der Waals surface area contributed by atoms with Gasteiger partial charge in [-0.2, -0.15) is 0 Å². The van der Waals surface area contributed by atoms with Crippen molar-refractivity contribution in [2.75, 3.05) is 6.54 Å². The van der Waals surface area contributed by atoms with E-state index in [1.54, 1.807) is 0 Å². The predicted molar refractivity (Wildman–Crippen MR) is 70.4 cm³/mol. The quantitative estimate of drug-likeness (QED) is 0.882. The summed E-state index contributed by atoms with van der Waals surface area (Å²) in [6, 6.07) is 3.21. The van der Waals surface area contributed by atoms with Crippen LogP contribution in [-0.2, 0) is 0 Å². The average molecular weight is 269 g/mol. The molecule has 2 rings (SSSR count). The fourth-order valence-corrected chi connectivity index (χ4v) is 3.25. The Morgan fingerprint density at radius 3 is 2.47 bits per heavy atom. The first kappa shape index (κ1) is 14.4. The van der Waals surface area contributed by atoms with Gasteiger partial charge in [-0.05, 0) is 42.9 Å². The Balaban J connectivity index is 2.28. The normalized spacial score (nSPS) is 28.6. The summed E-state index contributed by atoms with van der Waals surface area (Å²) in [6.07, 6.45) is 2.79. The van der Waals surface area contributed by atoms with E-state index in [1.165, 1.54) is 12.1 Å². The average Bonchev–Trinajstić information content (AvgIpc) is 2.81. The minimum Gasteiger partial charge on any atom is -0.388 e. The van der Waals surface area contributed by atoms with Crippen LogP contribution in [0.3, 0.4) is 0 Å². The molecule has 106 valence electrons. The van der Waals surface area contributed by atoms with Gasteiger partial charge in [0.1, 0.15) is 11.6 Å². The van der Waals surface area contributed by atoms with Crippen molar-refractivity contribution in [2.45, 2.75) is 38.7 Å². The zero-order valence-electron chi connectivity index (χ0n) is 11.2. The minimum atomic E-state index is -0.903. The highest BCUT2D eigenvalue weighted by molar-refractivity contribution is 5.23. The van der Waals surface area contributed by atoms with Gasteiger partial charge in [0.2, 0.25) is 0 Å². The summed E-state index contributed by atoms with van der Waals surface area (Å²) in [7, 11) is 0. The second-order valence-electron chi connectivity index (χ2n) is 5.69. The van der Waals surface area contributed by atoms with Crippen LogP contribution in [0.2, 0.25) is 0 Å². The van der Waals surface area contributed by atoms with Gasteiger partial charge >= 0.3 is 0 Å². The molecule has 3 unspecified atom stereocenters. The van der Waals surface area contributed by atoms with Crippen molar-refractivity contribution in [1.82, 2.24) is 0 Å². The third kappa shape index (κ3) is 2.79. The first-order chi connectivity index (χ1) is 9.00. The molecule has 0 aromatic heterocycles. The van der Waals surface area contributed by atoms with Crippen LogP contribution in [0.25, 0.3) is 0 Å². The van der Waals surface area contributed by atoms with Crippen molar-refractivity contribution in [3.05, 3.63) is 35.4 Å². The molecule has 3 N–H and O–H groups in total. The monoisotopic (exact) mass is 269 g/mol. The van der Waals surface area contributed by atoms with Crippen molar-refractivity contribution in [3.63, 3.8) is 0 Å². The SMILES string of the molecule is CCC1CCC(CN)(C(O)c2cc(F)cc(F)c2)C1. The lowest BCUT2D eigenvalue weighted by molar-refractivity contribution is 0.0297. The second kappa shape index (κ2) is 5.55. The van der Waals surface area contributed by atoms with Crippen molar-refractivity contribution < 1.29 is 13.9 Å². The highest BCUT2D eigenvalue weighted by Crippen LogP contribution is 2.50. The number of aliphatic hydroxyl groups excluding tert-OH is 1. The van der Waals surface area contributed by atoms with E-state index in [2.05, 4.69) is 6.92 Å². The standard InChI is InChI=1S/C15H21F2NO/c1-2-10-3-4-15(8-10,9-18)14(19)11-5-12(16)7-13(17)6-11/h5-7,10,14,19H,2-4,8-9,18H2,1H3. The minimum absolute atomic E-state index is 0.291. The van der Waals surface area contributed by atoms with Gasteiger partial charge < -0.3 is 10.8 Å². The Kier molecular flexibility index (Phi) is 4.21. The lowest BCUT2D eigenvalue weighted by atomic mass is 9.76. The summed E-state index contributed by atoms with van der Waals surface area (Å²) in [5, 5.41) is 10.5. The summed E-state index contributed by atoms with van der Waals surface area (Å²) in [4.78, 5) is 0. The molecular formula is C15H21F2NO. The molecule has 1 aliphatic rings. The number of benzene rings is 1. The van der Waals surface area contributed by atoms with Gasteiger partial charge in [0.25, 0.3) is 0 Å². The summed E-state index contributed by atoms with van der Waals surface area (Å²) in [5.74, 6) is -0.783. The van der Waals surface area contributed by atoms with Gasteiger partial charge in [-0.3, -0.25) is 0 Å². The maximum Gasteiger partial charge on any atom is 0.126 e. The van der Waals surface area contributed by atoms with Crippen molar-refractivity contribution in [1.29, 1.82) is 0 Å². The van der Waals surface area contributed by atoms with Crippen LogP contribution in [0.5, 0.6) is 0 Å². The van der Waals surface area contributed by atoms with Crippen LogP contribution in [-0.4, -0.2) is 11.7 Å². The topological polar surface area (TPSA) is 46.2 Å². The van der Waals surface area contributed by atoms with Crippen molar-refractivity contribution >= 4 is 0 Å². The summed E-state index contributed by atoms with van der Waals surface area (Å²) >= 11 is 0. The van der Waals surface area contributed by atoms with Crippen LogP contribution < -0.4 is 5.73 Å². The number of aliphatic hydroxyl groups is 1. The van der Waals surface area contributed by atoms with Gasteiger partial charge in [-0.15, -0.1) is 0 Å². The smallest absolute Gasteiger partial charge is 0.126 e. The lowest BCUT2D eigenvalue weighted by Crippen LogP contribution is -2.34. The fourth-order valence-electron chi connectivity index (χ4n) is 3.25. The molecule has 19 heavy (non-hydrogen) atoms. The molecule has 0 aliphatic heterocycles. The molecule has 1 aromatic carbocycles. The molecule has 0 amide bonds. The van der Waals surface area contributed by atoms with Crippen LogP contribution in [0.15, 0.2) is 18.2 Å². The number of halogens is 2. The largest absolute Gasteiger partial charge is 0.388 e. The molecule has 4 heteroatoms. The summed E-state index contributed by atoms with van der Waals surface area (Å²) < 4.78 is 26.5. The molecule has 1 fully saturated rings. The van der Waals surface area contributed by atoms with Gasteiger partial charge in [0, 0.05) is 18.0 Å². The summed E-state index contributed by atoms with van der Waals surface area (Å²) in [5.41, 5.74) is 5.70. The van der Waals surface area contributed by atoms with E-state index in [0.717, 1.165) is 31.7 Å². The Morgan fingerprint density at radius 2 is 2.00 bits per heavy atom. The molecule has 0 bridgehead atoms. The molecule has 2 nitrogen and oxygen atoms in total. The fraction of sp³-hybridized carbons (Fsp3) is 0.600. The third-order valence-corrected chi connectivity index (χ3v) is 4.51. The number of hydrogen-bond acceptors (Lipinski definition) is 2. The zero-order chi connectivity index (χ0) is 14.0. The maximum atomic E-state index is 13.3. The van der Waals surface area contributed by atoms with Crippen molar-refractivity contribution in [2.24, 2.45) is 17.1 Å². The van der Waals surface area contributed by atoms with E-state index in [4.69, 9.17) is 5.73 Å². The van der Waals surface area contributed by atoms with E-state index in [1.807, 2.05) is 0 Å². The molecule has 0 saturated heterocycles. The van der Waals surface area contributed by atoms with Gasteiger partial charge in [-0.25, -0.2) is 8.78 Å². The van der Waals surface area contributed by atoms with E-state index < -0.39 is 23.2 Å². The Labute approximate surface area is 112 Å². The number of nitrogens with two attached hydrogens (primary N) is 1. The van der Waals surface area contributed by atoms with Crippen LogP contribution in [0.4, 0.5) is 8.78 Å². The first-order valence-electron chi connectivity index (χ1n) is 6.85. The van der Waals surface area contributed by atoms with E-state index >= 15 is 0 Å². The van der Waals surface area contributed by atoms with Crippen LogP contribution >= 0.6 is 0 Å². The summed E-state index contributed by atoms with van der Waals surface area (Å²) in [6.45, 7) is 2.45. The van der Waals surface area contributed by atoms with Gasteiger partial charge in [-0.1, -0.05) is 13.3 Å². The molecule has 1 aromatic rings. The van der Waals surface area contributed by atoms with Crippen LogP contribution in [0, 0.1) is 23.0 Å². The predicted octanol–water partition coefficient (Wildman–Crippen LogP) is 3.15. The second-order valence-corrected chi connectivity index (χ2v) is 5.69. The number of rotatable bonds is 4. The van der Waals surface area contributed by atoms with E-state index in [0.29, 0.717) is 18.0 Å². The van der Waals surface area contributed by atoms with Crippen molar-refractivity contribution in [3.8, 4) is 0 Å². The third-order valence-electron chi connectivity index (χ3n) is 4.51. The van der Waals surface area contributed by atoms with Crippen LogP contribution in [0.1, 0.15) is 44.3 Å². The zero-order valence-corrected chi connectivity index (χ0v) is 11.2. The molecule has 0 radical (unpaired) electrons. The molecule has 1 saturated carbocycles. The van der Waals surface area contributed by atoms with E-state index in [9.17, 15) is 13.9 Å². The van der Waals surface area contributed by atoms with E-state index in [-0.39, 0.29) is 0 Å². The Morgan fingerprint density at radius 1 is 1.37 bits per heavy atom. The highest BCUT2D eigenvalue weighted by atomic mass is 19.1. The molecule has 1 aliphatic carbocycles. The highest BCUT2D eigenvalue weighted by Gasteiger charge is 2.43. The maximum absolute atomic E-state index is 13.3.